The third-order valence-electron chi connectivity index (χ3n) is 3.42. The molecule has 0 aromatic heterocycles. The van der Waals surface area contributed by atoms with E-state index in [1.54, 1.807) is 18.2 Å². The Morgan fingerprint density at radius 1 is 1.09 bits per heavy atom. The zero-order chi connectivity index (χ0) is 16.6. The summed E-state index contributed by atoms with van der Waals surface area (Å²) in [6.45, 7) is 0. The summed E-state index contributed by atoms with van der Waals surface area (Å²) >= 11 is 0. The quantitative estimate of drug-likeness (QED) is 0.855. The van der Waals surface area contributed by atoms with Gasteiger partial charge in [-0.05, 0) is 36.4 Å². The zero-order valence-electron chi connectivity index (χ0n) is 12.0. The van der Waals surface area contributed by atoms with E-state index in [4.69, 9.17) is 0 Å². The van der Waals surface area contributed by atoms with Crippen LogP contribution < -0.4 is 9.73 Å². The van der Waals surface area contributed by atoms with E-state index in [-0.39, 0.29) is 5.56 Å². The number of halogens is 1. The number of hydrazone groups is 1. The average molecular weight is 333 g/mol. The molecule has 1 N–H and O–H groups in total. The molecule has 118 valence electrons. The van der Waals surface area contributed by atoms with Gasteiger partial charge in [0.2, 0.25) is 10.8 Å². The molecule has 1 heterocycles. The number of sulfonamides is 1. The first kappa shape index (κ1) is 15.2. The molecule has 6 nitrogen and oxygen atoms in total. The highest BCUT2D eigenvalue weighted by Crippen LogP contribution is 2.29. The molecule has 0 bridgehead atoms. The minimum atomic E-state index is -4.05. The van der Waals surface area contributed by atoms with Gasteiger partial charge in [-0.2, -0.15) is 13.5 Å². The van der Waals surface area contributed by atoms with E-state index in [2.05, 4.69) is 10.5 Å². The van der Waals surface area contributed by atoms with E-state index in [9.17, 15) is 17.6 Å². The van der Waals surface area contributed by atoms with Gasteiger partial charge in [0.05, 0.1) is 11.4 Å². The maximum atomic E-state index is 12.9. The number of carbonyl (C=O) groups excluding carboxylic acids is 1. The molecule has 0 spiro atoms. The lowest BCUT2D eigenvalue weighted by Crippen LogP contribution is -2.43. The van der Waals surface area contributed by atoms with Gasteiger partial charge in [-0.1, -0.05) is 12.1 Å². The Morgan fingerprint density at radius 3 is 2.43 bits per heavy atom. The van der Waals surface area contributed by atoms with Gasteiger partial charge >= 0.3 is 0 Å². The van der Waals surface area contributed by atoms with Crippen LogP contribution in [0.2, 0.25) is 0 Å². The van der Waals surface area contributed by atoms with Crippen molar-refractivity contribution in [1.29, 1.82) is 0 Å². The first-order chi connectivity index (χ1) is 10.9. The molecule has 1 aliphatic heterocycles. The molecule has 2 aromatic rings. The summed E-state index contributed by atoms with van der Waals surface area (Å²) < 4.78 is 38.7. The van der Waals surface area contributed by atoms with Crippen LogP contribution in [0.15, 0.2) is 53.6 Å². The Balaban J connectivity index is 2.03. The van der Waals surface area contributed by atoms with Crippen LogP contribution in [0.1, 0.15) is 10.4 Å². The first-order valence-corrected chi connectivity index (χ1v) is 8.07. The molecule has 0 atom stereocenters. The van der Waals surface area contributed by atoms with Crippen molar-refractivity contribution in [2.24, 2.45) is 5.10 Å². The lowest BCUT2D eigenvalue weighted by atomic mass is 10.1. The number of anilines is 2. The number of ketones is 1. The van der Waals surface area contributed by atoms with Crippen molar-refractivity contribution in [3.05, 3.63) is 59.9 Å². The summed E-state index contributed by atoms with van der Waals surface area (Å²) in [7, 11) is -2.69. The van der Waals surface area contributed by atoms with E-state index in [1.807, 2.05) is 0 Å². The molecule has 2 aromatic carbocycles. The fourth-order valence-corrected chi connectivity index (χ4v) is 3.36. The number of carbonyl (C=O) groups is 1. The Labute approximate surface area is 132 Å². The van der Waals surface area contributed by atoms with Crippen LogP contribution in [0, 0.1) is 5.82 Å². The normalized spacial score (nSPS) is 17.9. The second-order valence-corrected chi connectivity index (χ2v) is 6.74. The monoisotopic (exact) mass is 333 g/mol. The smallest absolute Gasteiger partial charge is 0.286 e. The summed E-state index contributed by atoms with van der Waals surface area (Å²) in [5, 5.41) is 3.12. The van der Waals surface area contributed by atoms with Gasteiger partial charge in [0, 0.05) is 12.6 Å². The molecule has 0 unspecified atom stereocenters. The molecular formula is C15H12FN3O3S. The molecule has 1 aliphatic rings. The third kappa shape index (κ3) is 2.57. The fourth-order valence-electron chi connectivity index (χ4n) is 2.18. The Morgan fingerprint density at radius 2 is 1.74 bits per heavy atom. The lowest BCUT2D eigenvalue weighted by Gasteiger charge is -2.26. The first-order valence-electron chi connectivity index (χ1n) is 6.63. The van der Waals surface area contributed by atoms with Crippen LogP contribution in [0.4, 0.5) is 15.8 Å². The van der Waals surface area contributed by atoms with Gasteiger partial charge in [-0.15, -0.1) is 0 Å². The van der Waals surface area contributed by atoms with Crippen molar-refractivity contribution < 1.29 is 17.6 Å². The van der Waals surface area contributed by atoms with E-state index in [1.165, 1.54) is 37.4 Å². The van der Waals surface area contributed by atoms with Crippen LogP contribution in [-0.4, -0.2) is 26.3 Å². The largest absolute Gasteiger partial charge is 0.287 e. The maximum absolute atomic E-state index is 12.9. The standard InChI is InChI=1S/C15H12FN3O3S/c1-19-13-5-3-2-4-12(13)14(20)15(23(19,21)22)18-17-11-8-6-10(16)7-9-11/h2-9,17H,1H3. The van der Waals surface area contributed by atoms with Crippen LogP contribution >= 0.6 is 0 Å². The van der Waals surface area contributed by atoms with Gasteiger partial charge in [0.15, 0.2) is 0 Å². The number of nitrogens with one attached hydrogen (secondary N) is 1. The number of hydrogen-bond acceptors (Lipinski definition) is 5. The summed E-state index contributed by atoms with van der Waals surface area (Å²) in [6.07, 6.45) is 0. The predicted molar refractivity (Wildman–Crippen MR) is 85.6 cm³/mol. The van der Waals surface area contributed by atoms with Crippen molar-refractivity contribution in [2.75, 3.05) is 16.8 Å². The Hall–Kier alpha value is -2.74. The highest BCUT2D eigenvalue weighted by Gasteiger charge is 2.39. The topological polar surface area (TPSA) is 78.8 Å². The molecular weight excluding hydrogens is 321 g/mol. The number of rotatable bonds is 2. The lowest BCUT2D eigenvalue weighted by molar-refractivity contribution is 0.106. The van der Waals surface area contributed by atoms with Gasteiger partial charge < -0.3 is 0 Å². The number of benzene rings is 2. The second-order valence-electron chi connectivity index (χ2n) is 4.85. The van der Waals surface area contributed by atoms with E-state index < -0.39 is 26.7 Å². The molecule has 8 heteroatoms. The second kappa shape index (κ2) is 5.47. The summed E-state index contributed by atoms with van der Waals surface area (Å²) in [4.78, 5) is 12.4. The van der Waals surface area contributed by atoms with Crippen LogP contribution in [-0.2, 0) is 10.0 Å². The number of nitrogens with zero attached hydrogens (tertiary/aromatic N) is 2. The van der Waals surface area contributed by atoms with Gasteiger partial charge in [-0.25, -0.2) is 4.39 Å². The number of hydrogen-bond donors (Lipinski definition) is 1. The van der Waals surface area contributed by atoms with Gasteiger partial charge in [-0.3, -0.25) is 14.5 Å². The van der Waals surface area contributed by atoms with E-state index in [0.717, 1.165) is 4.31 Å². The molecule has 0 saturated heterocycles. The Kier molecular flexibility index (Phi) is 3.61. The van der Waals surface area contributed by atoms with Crippen molar-refractivity contribution in [3.63, 3.8) is 0 Å². The van der Waals surface area contributed by atoms with Gasteiger partial charge in [0.1, 0.15) is 5.82 Å². The average Bonchev–Trinajstić information content (AvgIpc) is 2.54. The molecule has 0 saturated carbocycles. The van der Waals surface area contributed by atoms with Crippen molar-refractivity contribution >= 4 is 32.2 Å². The highest BCUT2D eigenvalue weighted by molar-refractivity contribution is 8.09. The summed E-state index contributed by atoms with van der Waals surface area (Å²) in [5.74, 6) is -1.12. The number of Topliss-reactive ketones (excluding diaryl/α,β-unsaturated/α-hetero) is 1. The molecule has 0 aliphatic carbocycles. The molecule has 0 amide bonds. The van der Waals surface area contributed by atoms with Crippen molar-refractivity contribution in [1.82, 2.24) is 0 Å². The number of para-hydroxylation sites is 1. The Bertz CT molecular complexity index is 908. The fraction of sp³-hybridized carbons (Fsp3) is 0.0667. The summed E-state index contributed by atoms with van der Waals surface area (Å²) in [5.41, 5.74) is 3.40. The van der Waals surface area contributed by atoms with E-state index in [0.29, 0.717) is 11.4 Å². The van der Waals surface area contributed by atoms with Crippen molar-refractivity contribution in [3.8, 4) is 0 Å². The molecule has 3 rings (SSSR count). The van der Waals surface area contributed by atoms with Crippen LogP contribution in [0.5, 0.6) is 0 Å². The van der Waals surface area contributed by atoms with Gasteiger partial charge in [0.25, 0.3) is 10.0 Å². The minimum absolute atomic E-state index is 0.254. The SMILES string of the molecule is CN1c2ccccc2C(=O)C(=NNc2ccc(F)cc2)S1(=O)=O. The van der Waals surface area contributed by atoms with E-state index >= 15 is 0 Å². The third-order valence-corrected chi connectivity index (χ3v) is 5.10. The van der Waals surface area contributed by atoms with Crippen LogP contribution in [0.3, 0.4) is 0 Å². The predicted octanol–water partition coefficient (Wildman–Crippen LogP) is 2.21. The maximum Gasteiger partial charge on any atom is 0.287 e. The minimum Gasteiger partial charge on any atom is -0.286 e. The summed E-state index contributed by atoms with van der Waals surface area (Å²) in [6, 6.07) is 11.5. The highest BCUT2D eigenvalue weighted by atomic mass is 32.2. The molecule has 0 fully saturated rings. The molecule has 23 heavy (non-hydrogen) atoms. The zero-order valence-corrected chi connectivity index (χ0v) is 12.8. The molecule has 0 radical (unpaired) electrons. The van der Waals surface area contributed by atoms with Crippen LogP contribution in [0.25, 0.3) is 0 Å². The van der Waals surface area contributed by atoms with Crippen molar-refractivity contribution in [2.45, 2.75) is 0 Å². The number of fused-ring (bicyclic) bond motifs is 1.